The van der Waals surface area contributed by atoms with Crippen LogP contribution >= 0.6 is 0 Å². The van der Waals surface area contributed by atoms with E-state index in [0.29, 0.717) is 12.5 Å². The first-order valence-corrected chi connectivity index (χ1v) is 7.32. The van der Waals surface area contributed by atoms with Crippen LogP contribution in [0.2, 0.25) is 0 Å². The maximum atomic E-state index is 12.5. The Morgan fingerprint density at radius 3 is 3.00 bits per heavy atom. The topological polar surface area (TPSA) is 64.2 Å². The summed E-state index contributed by atoms with van der Waals surface area (Å²) in [4.78, 5) is 18.6. The smallest absolute Gasteiger partial charge is 0.227 e. The van der Waals surface area contributed by atoms with Crippen molar-refractivity contribution in [2.45, 2.75) is 39.2 Å². The molecule has 0 radical (unpaired) electrons. The molecule has 1 fully saturated rings. The van der Waals surface area contributed by atoms with Gasteiger partial charge in [-0.05, 0) is 26.7 Å². The Morgan fingerprint density at radius 2 is 2.33 bits per heavy atom. The van der Waals surface area contributed by atoms with E-state index in [0.717, 1.165) is 42.9 Å². The van der Waals surface area contributed by atoms with Crippen molar-refractivity contribution in [3.8, 4) is 0 Å². The molecule has 0 aliphatic carbocycles. The number of carbonyl (C=O) groups is 1. The summed E-state index contributed by atoms with van der Waals surface area (Å²) in [6.07, 6.45) is 8.06. The van der Waals surface area contributed by atoms with Gasteiger partial charge < -0.3 is 14.0 Å². The average molecular weight is 288 g/mol. The highest BCUT2D eigenvalue weighted by Crippen LogP contribution is 2.22. The summed E-state index contributed by atoms with van der Waals surface area (Å²) in [6.45, 7) is 5.31. The third-order valence-corrected chi connectivity index (χ3v) is 4.20. The zero-order chi connectivity index (χ0) is 14.8. The lowest BCUT2D eigenvalue weighted by Crippen LogP contribution is -2.41. The van der Waals surface area contributed by atoms with E-state index in [1.807, 2.05) is 31.3 Å². The van der Waals surface area contributed by atoms with Crippen molar-refractivity contribution in [2.75, 3.05) is 13.1 Å². The first kappa shape index (κ1) is 13.9. The molecule has 1 amide bonds. The molecule has 1 aliphatic rings. The van der Waals surface area contributed by atoms with Gasteiger partial charge in [0.05, 0.1) is 24.5 Å². The van der Waals surface area contributed by atoms with E-state index in [2.05, 4.69) is 14.7 Å². The van der Waals surface area contributed by atoms with Gasteiger partial charge in [0, 0.05) is 31.0 Å². The lowest BCUT2D eigenvalue weighted by Gasteiger charge is -2.33. The molecular weight excluding hydrogens is 268 g/mol. The number of hydrogen-bond donors (Lipinski definition) is 0. The van der Waals surface area contributed by atoms with Gasteiger partial charge in [-0.2, -0.15) is 0 Å². The van der Waals surface area contributed by atoms with Gasteiger partial charge in [-0.1, -0.05) is 5.16 Å². The molecule has 0 aromatic carbocycles. The molecule has 1 aliphatic heterocycles. The summed E-state index contributed by atoms with van der Waals surface area (Å²) in [5, 5.41) is 3.91. The SMILES string of the molecule is Cc1noc(C)c1CC(=O)N1CCC[C@@H](n2ccnc2)C1. The van der Waals surface area contributed by atoms with Crippen LogP contribution in [0.4, 0.5) is 0 Å². The summed E-state index contributed by atoms with van der Waals surface area (Å²) in [6, 6.07) is 0.329. The summed E-state index contributed by atoms with van der Waals surface area (Å²) >= 11 is 0. The maximum Gasteiger partial charge on any atom is 0.227 e. The molecular formula is C15H20N4O2. The highest BCUT2D eigenvalue weighted by atomic mass is 16.5. The van der Waals surface area contributed by atoms with Gasteiger partial charge in [0.2, 0.25) is 5.91 Å². The molecule has 112 valence electrons. The van der Waals surface area contributed by atoms with E-state index in [4.69, 9.17) is 4.52 Å². The number of aromatic nitrogens is 3. The first-order chi connectivity index (χ1) is 10.1. The van der Waals surface area contributed by atoms with Crippen LogP contribution in [0.3, 0.4) is 0 Å². The Morgan fingerprint density at radius 1 is 1.48 bits per heavy atom. The van der Waals surface area contributed by atoms with Gasteiger partial charge in [-0.25, -0.2) is 4.98 Å². The second-order valence-electron chi connectivity index (χ2n) is 5.63. The van der Waals surface area contributed by atoms with Crippen LogP contribution in [0.15, 0.2) is 23.2 Å². The monoisotopic (exact) mass is 288 g/mol. The highest BCUT2D eigenvalue weighted by Gasteiger charge is 2.25. The van der Waals surface area contributed by atoms with Crippen LogP contribution in [-0.2, 0) is 11.2 Å². The Kier molecular flexibility index (Phi) is 3.77. The van der Waals surface area contributed by atoms with Gasteiger partial charge in [-0.3, -0.25) is 4.79 Å². The molecule has 1 atom stereocenters. The van der Waals surface area contributed by atoms with Crippen molar-refractivity contribution in [3.05, 3.63) is 35.7 Å². The minimum atomic E-state index is 0.147. The number of imidazole rings is 1. The van der Waals surface area contributed by atoms with Crippen molar-refractivity contribution in [1.82, 2.24) is 19.6 Å². The largest absolute Gasteiger partial charge is 0.361 e. The van der Waals surface area contributed by atoms with E-state index in [1.165, 1.54) is 0 Å². The molecule has 0 bridgehead atoms. The van der Waals surface area contributed by atoms with Gasteiger partial charge in [0.15, 0.2) is 0 Å². The summed E-state index contributed by atoms with van der Waals surface area (Å²) in [5.74, 6) is 0.887. The predicted octanol–water partition coefficient (Wildman–Crippen LogP) is 1.89. The molecule has 0 N–H and O–H groups in total. The number of carbonyl (C=O) groups excluding carboxylic acids is 1. The third-order valence-electron chi connectivity index (χ3n) is 4.20. The fourth-order valence-corrected chi connectivity index (χ4v) is 2.93. The minimum Gasteiger partial charge on any atom is -0.361 e. The Balaban J connectivity index is 1.67. The number of aryl methyl sites for hydroxylation is 2. The van der Waals surface area contributed by atoms with Crippen LogP contribution < -0.4 is 0 Å². The van der Waals surface area contributed by atoms with Gasteiger partial charge in [0.1, 0.15) is 5.76 Å². The predicted molar refractivity (Wildman–Crippen MR) is 76.8 cm³/mol. The van der Waals surface area contributed by atoms with Crippen molar-refractivity contribution in [1.29, 1.82) is 0 Å². The summed E-state index contributed by atoms with van der Waals surface area (Å²) in [5.41, 5.74) is 1.73. The molecule has 0 saturated carbocycles. The van der Waals surface area contributed by atoms with E-state index in [9.17, 15) is 4.79 Å². The molecule has 1 saturated heterocycles. The van der Waals surface area contributed by atoms with E-state index in [-0.39, 0.29) is 5.91 Å². The second-order valence-corrected chi connectivity index (χ2v) is 5.63. The normalized spacial score (nSPS) is 19.0. The first-order valence-electron chi connectivity index (χ1n) is 7.32. The van der Waals surface area contributed by atoms with Crippen molar-refractivity contribution >= 4 is 5.91 Å². The number of piperidine rings is 1. The van der Waals surface area contributed by atoms with Crippen LogP contribution in [0.1, 0.15) is 35.9 Å². The molecule has 6 nitrogen and oxygen atoms in total. The van der Waals surface area contributed by atoms with Gasteiger partial charge >= 0.3 is 0 Å². The zero-order valence-corrected chi connectivity index (χ0v) is 12.5. The zero-order valence-electron chi connectivity index (χ0n) is 12.5. The average Bonchev–Trinajstić information content (AvgIpc) is 3.13. The second kappa shape index (κ2) is 5.71. The van der Waals surface area contributed by atoms with E-state index in [1.54, 1.807) is 6.20 Å². The number of nitrogens with zero attached hydrogens (tertiary/aromatic N) is 4. The van der Waals surface area contributed by atoms with Crippen LogP contribution in [0, 0.1) is 13.8 Å². The van der Waals surface area contributed by atoms with Crippen LogP contribution in [0.5, 0.6) is 0 Å². The Hall–Kier alpha value is -2.11. The Labute approximate surface area is 123 Å². The summed E-state index contributed by atoms with van der Waals surface area (Å²) < 4.78 is 7.22. The molecule has 3 heterocycles. The lowest BCUT2D eigenvalue weighted by molar-refractivity contribution is -0.132. The number of rotatable bonds is 3. The molecule has 0 unspecified atom stereocenters. The highest BCUT2D eigenvalue weighted by molar-refractivity contribution is 5.79. The quantitative estimate of drug-likeness (QED) is 0.865. The molecule has 0 spiro atoms. The maximum absolute atomic E-state index is 12.5. The number of hydrogen-bond acceptors (Lipinski definition) is 4. The number of amides is 1. The lowest BCUT2D eigenvalue weighted by atomic mass is 10.0. The minimum absolute atomic E-state index is 0.147. The van der Waals surface area contributed by atoms with Crippen LogP contribution in [0.25, 0.3) is 0 Å². The van der Waals surface area contributed by atoms with Gasteiger partial charge in [-0.15, -0.1) is 0 Å². The van der Waals surface area contributed by atoms with Crippen LogP contribution in [-0.4, -0.2) is 38.6 Å². The standard InChI is InChI=1S/C15H20N4O2/c1-11-14(12(2)21-17-11)8-15(20)18-6-3-4-13(9-18)19-7-5-16-10-19/h5,7,10,13H,3-4,6,8-9H2,1-2H3/t13-/m1/s1. The van der Waals surface area contributed by atoms with Crippen molar-refractivity contribution in [3.63, 3.8) is 0 Å². The van der Waals surface area contributed by atoms with Crippen molar-refractivity contribution < 1.29 is 9.32 Å². The van der Waals surface area contributed by atoms with E-state index >= 15 is 0 Å². The molecule has 2 aromatic rings. The van der Waals surface area contributed by atoms with Gasteiger partial charge in [0.25, 0.3) is 0 Å². The van der Waals surface area contributed by atoms with Crippen molar-refractivity contribution in [2.24, 2.45) is 0 Å². The Bertz CT molecular complexity index is 598. The molecule has 2 aromatic heterocycles. The molecule has 3 rings (SSSR count). The fourth-order valence-electron chi connectivity index (χ4n) is 2.93. The number of likely N-dealkylation sites (tertiary alicyclic amines) is 1. The fraction of sp³-hybridized carbons (Fsp3) is 0.533. The molecule has 21 heavy (non-hydrogen) atoms. The molecule has 6 heteroatoms. The third kappa shape index (κ3) is 2.84. The van der Waals surface area contributed by atoms with E-state index < -0.39 is 0 Å². The summed E-state index contributed by atoms with van der Waals surface area (Å²) in [7, 11) is 0.